The van der Waals surface area contributed by atoms with Crippen molar-refractivity contribution in [1.82, 2.24) is 4.90 Å². The summed E-state index contributed by atoms with van der Waals surface area (Å²) >= 11 is 1.90. The number of aliphatic imine (C=N–C) groups is 2. The minimum Gasteiger partial charge on any atom is -0.371 e. The third kappa shape index (κ3) is 3.54. The summed E-state index contributed by atoms with van der Waals surface area (Å²) in [4.78, 5) is 13.9. The summed E-state index contributed by atoms with van der Waals surface area (Å²) in [5.41, 5.74) is 5.71. The number of rotatable bonds is 3. The molecule has 7 rings (SSSR count). The molecule has 3 atom stereocenters. The number of para-hydroxylation sites is 1. The molecule has 4 aromatic carbocycles. The number of anilines is 1. The molecule has 0 spiro atoms. The van der Waals surface area contributed by atoms with Gasteiger partial charge in [-0.1, -0.05) is 96.7 Å². The molecule has 1 N–H and O–H groups in total. The summed E-state index contributed by atoms with van der Waals surface area (Å²) in [6.45, 7) is 0.746. The van der Waals surface area contributed by atoms with Crippen molar-refractivity contribution >= 4 is 45.5 Å². The standard InChI is InChI=1S/C31H26N4S/c1-35-29(21-10-3-2-4-11-21)24-17-15-20-9-5-6-12-23(20)28(24)34-30(35)26-18-16-22(19-32-26)31-33-25-13-7-8-14-27(25)36-31/h2-18,22,29,31,33H,19H2,1H3. The zero-order valence-corrected chi connectivity index (χ0v) is 20.8. The third-order valence-electron chi connectivity index (χ3n) is 7.31. The number of nitrogens with one attached hydrogen (secondary N) is 1. The Morgan fingerprint density at radius 2 is 1.69 bits per heavy atom. The van der Waals surface area contributed by atoms with Gasteiger partial charge in [0.05, 0.1) is 22.8 Å². The van der Waals surface area contributed by atoms with Crippen molar-refractivity contribution in [3.63, 3.8) is 0 Å². The lowest BCUT2D eigenvalue weighted by Gasteiger charge is -2.37. The molecule has 0 saturated carbocycles. The molecule has 176 valence electrons. The molecule has 0 saturated heterocycles. The van der Waals surface area contributed by atoms with E-state index in [9.17, 15) is 0 Å². The zero-order chi connectivity index (χ0) is 24.1. The van der Waals surface area contributed by atoms with Crippen LogP contribution in [-0.2, 0) is 0 Å². The quantitative estimate of drug-likeness (QED) is 0.336. The SMILES string of the molecule is CN1C(C2=NCC(C3Nc4ccccc4S3)C=C2)=Nc2c(ccc3ccccc23)C1c1ccccc1. The van der Waals surface area contributed by atoms with Gasteiger partial charge in [-0.05, 0) is 29.2 Å². The summed E-state index contributed by atoms with van der Waals surface area (Å²) in [7, 11) is 2.14. The third-order valence-corrected chi connectivity index (χ3v) is 8.64. The summed E-state index contributed by atoms with van der Waals surface area (Å²) in [6.07, 6.45) is 4.48. The first kappa shape index (κ1) is 21.5. The fraction of sp³-hybridized carbons (Fsp3) is 0.161. The molecule has 3 heterocycles. The van der Waals surface area contributed by atoms with E-state index in [2.05, 4.69) is 120 Å². The molecule has 3 unspecified atom stereocenters. The predicted octanol–water partition coefficient (Wildman–Crippen LogP) is 7.08. The molecule has 36 heavy (non-hydrogen) atoms. The van der Waals surface area contributed by atoms with Gasteiger partial charge in [0.15, 0.2) is 5.84 Å². The van der Waals surface area contributed by atoms with Crippen molar-refractivity contribution in [3.8, 4) is 0 Å². The van der Waals surface area contributed by atoms with Crippen LogP contribution in [0.1, 0.15) is 17.2 Å². The van der Waals surface area contributed by atoms with Gasteiger partial charge in [0.2, 0.25) is 0 Å². The Bertz CT molecular complexity index is 1530. The first-order valence-corrected chi connectivity index (χ1v) is 13.3. The van der Waals surface area contributed by atoms with Gasteiger partial charge in [0.1, 0.15) is 0 Å². The van der Waals surface area contributed by atoms with Gasteiger partial charge in [-0.3, -0.25) is 4.99 Å². The maximum absolute atomic E-state index is 5.25. The van der Waals surface area contributed by atoms with Crippen LogP contribution in [0.5, 0.6) is 0 Å². The number of hydrogen-bond acceptors (Lipinski definition) is 5. The van der Waals surface area contributed by atoms with E-state index < -0.39 is 0 Å². The zero-order valence-electron chi connectivity index (χ0n) is 20.0. The summed E-state index contributed by atoms with van der Waals surface area (Å²) in [5, 5.41) is 6.37. The molecule has 0 bridgehead atoms. The van der Waals surface area contributed by atoms with Crippen molar-refractivity contribution in [2.75, 3.05) is 18.9 Å². The van der Waals surface area contributed by atoms with Gasteiger partial charge in [0, 0.05) is 41.0 Å². The van der Waals surface area contributed by atoms with Gasteiger partial charge < -0.3 is 10.2 Å². The van der Waals surface area contributed by atoms with Crippen LogP contribution in [0.2, 0.25) is 0 Å². The minimum atomic E-state index is 0.0775. The van der Waals surface area contributed by atoms with E-state index in [-0.39, 0.29) is 6.04 Å². The van der Waals surface area contributed by atoms with Crippen LogP contribution < -0.4 is 5.32 Å². The van der Waals surface area contributed by atoms with Crippen molar-refractivity contribution in [2.24, 2.45) is 15.9 Å². The van der Waals surface area contributed by atoms with Crippen molar-refractivity contribution < 1.29 is 0 Å². The Balaban J connectivity index is 1.26. The molecule has 4 nitrogen and oxygen atoms in total. The van der Waals surface area contributed by atoms with Crippen molar-refractivity contribution in [3.05, 3.63) is 114 Å². The second-order valence-electron chi connectivity index (χ2n) is 9.51. The first-order valence-electron chi connectivity index (χ1n) is 12.4. The van der Waals surface area contributed by atoms with Gasteiger partial charge >= 0.3 is 0 Å². The molecular formula is C31H26N4S. The number of thioether (sulfide) groups is 1. The highest BCUT2D eigenvalue weighted by Crippen LogP contribution is 2.44. The molecular weight excluding hydrogens is 460 g/mol. The molecule has 0 fully saturated rings. The number of dihydropyridines is 1. The Hall–Kier alpha value is -3.83. The van der Waals surface area contributed by atoms with E-state index in [0.717, 1.165) is 23.8 Å². The Morgan fingerprint density at radius 1 is 0.889 bits per heavy atom. The fourth-order valence-corrected chi connectivity index (χ4v) is 6.71. The van der Waals surface area contributed by atoms with Gasteiger partial charge in [-0.15, -0.1) is 0 Å². The van der Waals surface area contributed by atoms with Crippen LogP contribution in [0.15, 0.2) is 118 Å². The predicted molar refractivity (Wildman–Crippen MR) is 152 cm³/mol. The van der Waals surface area contributed by atoms with E-state index in [0.29, 0.717) is 11.3 Å². The van der Waals surface area contributed by atoms with Crippen LogP contribution in [0.25, 0.3) is 10.8 Å². The molecule has 0 radical (unpaired) electrons. The van der Waals surface area contributed by atoms with Gasteiger partial charge in [-0.2, -0.15) is 0 Å². The second kappa shape index (κ2) is 8.68. The highest BCUT2D eigenvalue weighted by Gasteiger charge is 2.33. The van der Waals surface area contributed by atoms with Crippen molar-refractivity contribution in [2.45, 2.75) is 16.3 Å². The topological polar surface area (TPSA) is 40.0 Å². The first-order chi connectivity index (χ1) is 17.8. The summed E-state index contributed by atoms with van der Waals surface area (Å²) in [5.74, 6) is 1.26. The molecule has 0 aromatic heterocycles. The van der Waals surface area contributed by atoms with Crippen LogP contribution in [0.3, 0.4) is 0 Å². The molecule has 3 aliphatic heterocycles. The highest BCUT2D eigenvalue weighted by atomic mass is 32.2. The smallest absolute Gasteiger partial charge is 0.155 e. The summed E-state index contributed by atoms with van der Waals surface area (Å²) in [6, 6.07) is 32.3. The Labute approximate surface area is 215 Å². The monoisotopic (exact) mass is 486 g/mol. The van der Waals surface area contributed by atoms with E-state index in [4.69, 9.17) is 9.98 Å². The number of amidine groups is 1. The lowest BCUT2D eigenvalue weighted by Crippen LogP contribution is -2.40. The second-order valence-corrected chi connectivity index (χ2v) is 10.7. The summed E-state index contributed by atoms with van der Waals surface area (Å²) < 4.78 is 0. The van der Waals surface area contributed by atoms with Gasteiger partial charge in [0.25, 0.3) is 0 Å². The maximum Gasteiger partial charge on any atom is 0.155 e. The van der Waals surface area contributed by atoms with Crippen LogP contribution >= 0.6 is 11.8 Å². The van der Waals surface area contributed by atoms with E-state index in [1.165, 1.54) is 32.5 Å². The number of nitrogens with zero attached hydrogens (tertiary/aromatic N) is 3. The van der Waals surface area contributed by atoms with Crippen molar-refractivity contribution in [1.29, 1.82) is 0 Å². The molecule has 4 aromatic rings. The number of benzene rings is 4. The molecule has 3 aliphatic rings. The Morgan fingerprint density at radius 3 is 2.53 bits per heavy atom. The van der Waals surface area contributed by atoms with Crippen LogP contribution in [-0.4, -0.2) is 35.4 Å². The van der Waals surface area contributed by atoms with Crippen LogP contribution in [0, 0.1) is 5.92 Å². The van der Waals surface area contributed by atoms with E-state index in [1.807, 2.05) is 11.8 Å². The molecule has 0 aliphatic carbocycles. The highest BCUT2D eigenvalue weighted by molar-refractivity contribution is 8.00. The molecule has 0 amide bonds. The van der Waals surface area contributed by atoms with E-state index in [1.54, 1.807) is 0 Å². The van der Waals surface area contributed by atoms with Crippen LogP contribution in [0.4, 0.5) is 11.4 Å². The van der Waals surface area contributed by atoms with Gasteiger partial charge in [-0.25, -0.2) is 4.99 Å². The average molecular weight is 487 g/mol. The number of fused-ring (bicyclic) bond motifs is 4. The minimum absolute atomic E-state index is 0.0775. The Kier molecular flexibility index (Phi) is 5.17. The van der Waals surface area contributed by atoms with E-state index >= 15 is 0 Å². The lowest BCUT2D eigenvalue weighted by atomic mass is 9.91. The lowest BCUT2D eigenvalue weighted by molar-refractivity contribution is 0.426. The largest absolute Gasteiger partial charge is 0.371 e. The number of hydrogen-bond donors (Lipinski definition) is 1. The maximum atomic E-state index is 5.25. The average Bonchev–Trinajstić information content (AvgIpc) is 3.38. The fourth-order valence-electron chi connectivity index (χ4n) is 5.49. The normalized spacial score (nSPS) is 22.5. The molecule has 5 heteroatoms.